The summed E-state index contributed by atoms with van der Waals surface area (Å²) < 4.78 is 28.7. The van der Waals surface area contributed by atoms with Crippen LogP contribution in [0.1, 0.15) is 28.0 Å². The second-order valence-electron chi connectivity index (χ2n) is 5.33. The number of hydrogen-bond acceptors (Lipinski definition) is 6. The van der Waals surface area contributed by atoms with Crippen LogP contribution in [0.15, 0.2) is 30.3 Å². The van der Waals surface area contributed by atoms with E-state index in [1.54, 1.807) is 12.1 Å². The summed E-state index contributed by atoms with van der Waals surface area (Å²) in [6, 6.07) is 7.17. The standard InChI is InChI=1S/C17H17FN2O5/c1-23-13-8-12(17-24-6-7-25-17)20-14(15(13)21)16(22)19-9-10-2-4-11(18)5-3-10/h2-5,8,17,21H,6-7,9H2,1H3,(H,19,22). The van der Waals surface area contributed by atoms with E-state index in [4.69, 9.17) is 14.2 Å². The summed E-state index contributed by atoms with van der Waals surface area (Å²) in [5.74, 6) is -1.24. The minimum Gasteiger partial charge on any atom is -0.503 e. The molecule has 1 saturated heterocycles. The summed E-state index contributed by atoms with van der Waals surface area (Å²) in [6.07, 6.45) is -0.710. The largest absolute Gasteiger partial charge is 0.503 e. The fourth-order valence-corrected chi connectivity index (χ4v) is 2.37. The number of carbonyl (C=O) groups excluding carboxylic acids is 1. The molecule has 1 aliphatic heterocycles. The Bertz CT molecular complexity index is 760. The van der Waals surface area contributed by atoms with Gasteiger partial charge in [-0.2, -0.15) is 0 Å². The van der Waals surface area contributed by atoms with E-state index in [2.05, 4.69) is 10.3 Å². The number of carbonyl (C=O) groups is 1. The average molecular weight is 348 g/mol. The summed E-state index contributed by atoms with van der Waals surface area (Å²) in [5.41, 5.74) is 0.842. The third kappa shape index (κ3) is 3.86. The van der Waals surface area contributed by atoms with Crippen molar-refractivity contribution in [2.75, 3.05) is 20.3 Å². The maximum atomic E-state index is 12.9. The van der Waals surface area contributed by atoms with Gasteiger partial charge in [0, 0.05) is 12.6 Å². The number of aromatic hydroxyl groups is 1. The van der Waals surface area contributed by atoms with E-state index < -0.39 is 12.2 Å². The summed E-state index contributed by atoms with van der Waals surface area (Å²) in [6.45, 7) is 0.993. The normalized spacial score (nSPS) is 14.5. The molecule has 2 aromatic rings. The third-order valence-electron chi connectivity index (χ3n) is 3.64. The Morgan fingerprint density at radius 3 is 2.68 bits per heavy atom. The van der Waals surface area contributed by atoms with Gasteiger partial charge in [0.15, 0.2) is 17.2 Å². The van der Waals surface area contributed by atoms with Crippen LogP contribution in [0.2, 0.25) is 0 Å². The Morgan fingerprint density at radius 2 is 2.04 bits per heavy atom. The topological polar surface area (TPSA) is 89.9 Å². The fourth-order valence-electron chi connectivity index (χ4n) is 2.37. The van der Waals surface area contributed by atoms with Crippen LogP contribution in [0.25, 0.3) is 0 Å². The first kappa shape index (κ1) is 17.1. The highest BCUT2D eigenvalue weighted by molar-refractivity contribution is 5.95. The Balaban J connectivity index is 1.80. The zero-order valence-electron chi connectivity index (χ0n) is 13.5. The van der Waals surface area contributed by atoms with Gasteiger partial charge in [-0.05, 0) is 17.7 Å². The van der Waals surface area contributed by atoms with Crippen LogP contribution in [-0.2, 0) is 16.0 Å². The number of halogens is 1. The highest BCUT2D eigenvalue weighted by Crippen LogP contribution is 2.33. The minimum absolute atomic E-state index is 0.0935. The molecule has 0 spiro atoms. The van der Waals surface area contributed by atoms with E-state index in [0.717, 1.165) is 0 Å². The second-order valence-corrected chi connectivity index (χ2v) is 5.33. The van der Waals surface area contributed by atoms with Crippen molar-refractivity contribution in [1.29, 1.82) is 0 Å². The number of aromatic nitrogens is 1. The molecular formula is C17H17FN2O5. The number of nitrogens with zero attached hydrogens (tertiary/aromatic N) is 1. The minimum atomic E-state index is -0.710. The molecule has 1 aliphatic rings. The van der Waals surface area contributed by atoms with Crippen LogP contribution >= 0.6 is 0 Å². The van der Waals surface area contributed by atoms with Gasteiger partial charge in [-0.1, -0.05) is 12.1 Å². The molecule has 0 radical (unpaired) electrons. The molecule has 1 fully saturated rings. The van der Waals surface area contributed by atoms with Crippen molar-refractivity contribution in [3.05, 3.63) is 53.1 Å². The highest BCUT2D eigenvalue weighted by atomic mass is 19.1. The third-order valence-corrected chi connectivity index (χ3v) is 3.64. The van der Waals surface area contributed by atoms with Crippen molar-refractivity contribution in [2.45, 2.75) is 12.8 Å². The molecule has 8 heteroatoms. The number of benzene rings is 1. The lowest BCUT2D eigenvalue weighted by Crippen LogP contribution is -2.24. The molecule has 7 nitrogen and oxygen atoms in total. The first-order valence-corrected chi connectivity index (χ1v) is 7.62. The first-order valence-electron chi connectivity index (χ1n) is 7.62. The fraction of sp³-hybridized carbons (Fsp3) is 0.294. The molecule has 2 heterocycles. The molecule has 132 valence electrons. The van der Waals surface area contributed by atoms with E-state index in [1.165, 1.54) is 25.3 Å². The second kappa shape index (κ2) is 7.45. The lowest BCUT2D eigenvalue weighted by molar-refractivity contribution is -0.0475. The van der Waals surface area contributed by atoms with Crippen LogP contribution in [0, 0.1) is 5.82 Å². The van der Waals surface area contributed by atoms with Crippen molar-refractivity contribution in [3.8, 4) is 11.5 Å². The van der Waals surface area contributed by atoms with E-state index in [-0.39, 0.29) is 29.6 Å². The van der Waals surface area contributed by atoms with E-state index in [1.807, 2.05) is 0 Å². The molecule has 0 saturated carbocycles. The average Bonchev–Trinajstić information content (AvgIpc) is 3.16. The quantitative estimate of drug-likeness (QED) is 0.858. The predicted octanol–water partition coefficient (Wildman–Crippen LogP) is 1.91. The molecule has 0 unspecified atom stereocenters. The molecule has 2 N–H and O–H groups in total. The molecule has 3 rings (SSSR count). The molecule has 1 aromatic carbocycles. The van der Waals surface area contributed by atoms with Gasteiger partial charge in [0.05, 0.1) is 20.3 Å². The number of ether oxygens (including phenoxy) is 3. The lowest BCUT2D eigenvalue weighted by Gasteiger charge is -2.14. The van der Waals surface area contributed by atoms with Crippen LogP contribution in [0.5, 0.6) is 11.5 Å². The molecule has 1 amide bonds. The number of amides is 1. The smallest absolute Gasteiger partial charge is 0.274 e. The predicted molar refractivity (Wildman–Crippen MR) is 84.7 cm³/mol. The van der Waals surface area contributed by atoms with Gasteiger partial charge in [0.25, 0.3) is 5.91 Å². The Hall–Kier alpha value is -2.71. The van der Waals surface area contributed by atoms with Gasteiger partial charge in [0.1, 0.15) is 11.5 Å². The number of pyridine rings is 1. The SMILES string of the molecule is COc1cc(C2OCCO2)nc(C(=O)NCc2ccc(F)cc2)c1O. The van der Waals surface area contributed by atoms with Gasteiger partial charge >= 0.3 is 0 Å². The number of methoxy groups -OCH3 is 1. The highest BCUT2D eigenvalue weighted by Gasteiger charge is 2.25. The molecular weight excluding hydrogens is 331 g/mol. The molecule has 25 heavy (non-hydrogen) atoms. The number of nitrogens with one attached hydrogen (secondary N) is 1. The summed E-state index contributed by atoms with van der Waals surface area (Å²) >= 11 is 0. The van der Waals surface area contributed by atoms with Crippen molar-refractivity contribution in [2.24, 2.45) is 0 Å². The van der Waals surface area contributed by atoms with Crippen molar-refractivity contribution in [3.63, 3.8) is 0 Å². The summed E-state index contributed by atoms with van der Waals surface area (Å²) in [5, 5.41) is 12.8. The van der Waals surface area contributed by atoms with Gasteiger partial charge in [-0.25, -0.2) is 9.37 Å². The first-order chi connectivity index (χ1) is 12.1. The molecule has 0 bridgehead atoms. The number of rotatable bonds is 5. The maximum Gasteiger partial charge on any atom is 0.274 e. The number of hydrogen-bond donors (Lipinski definition) is 2. The lowest BCUT2D eigenvalue weighted by atomic mass is 10.2. The monoisotopic (exact) mass is 348 g/mol. The van der Waals surface area contributed by atoms with Crippen LogP contribution in [0.3, 0.4) is 0 Å². The van der Waals surface area contributed by atoms with Crippen LogP contribution in [-0.4, -0.2) is 36.3 Å². The Morgan fingerprint density at radius 1 is 1.36 bits per heavy atom. The van der Waals surface area contributed by atoms with E-state index in [9.17, 15) is 14.3 Å². The van der Waals surface area contributed by atoms with Gasteiger partial charge in [-0.3, -0.25) is 4.79 Å². The van der Waals surface area contributed by atoms with E-state index >= 15 is 0 Å². The zero-order valence-corrected chi connectivity index (χ0v) is 13.5. The summed E-state index contributed by atoms with van der Waals surface area (Å²) in [7, 11) is 1.37. The molecule has 1 aromatic heterocycles. The molecule has 0 aliphatic carbocycles. The van der Waals surface area contributed by atoms with Gasteiger partial charge < -0.3 is 24.6 Å². The maximum absolute atomic E-state index is 12.9. The molecule has 0 atom stereocenters. The summed E-state index contributed by atoms with van der Waals surface area (Å²) in [4.78, 5) is 16.5. The van der Waals surface area contributed by atoms with Crippen LogP contribution in [0.4, 0.5) is 4.39 Å². The Kier molecular flexibility index (Phi) is 5.11. The van der Waals surface area contributed by atoms with Crippen molar-refractivity contribution in [1.82, 2.24) is 10.3 Å². The zero-order chi connectivity index (χ0) is 17.8. The van der Waals surface area contributed by atoms with Gasteiger partial charge in [-0.15, -0.1) is 0 Å². The Labute approximate surface area is 143 Å². The van der Waals surface area contributed by atoms with Gasteiger partial charge in [0.2, 0.25) is 6.29 Å². The van der Waals surface area contributed by atoms with Crippen LogP contribution < -0.4 is 10.1 Å². The van der Waals surface area contributed by atoms with Crippen molar-refractivity contribution >= 4 is 5.91 Å². The van der Waals surface area contributed by atoms with Crippen molar-refractivity contribution < 1.29 is 28.5 Å². The van der Waals surface area contributed by atoms with E-state index in [0.29, 0.717) is 24.5 Å².